The minimum Gasteiger partial charge on any atom is -0.347 e. The summed E-state index contributed by atoms with van der Waals surface area (Å²) in [6, 6.07) is 7.67. The molecule has 5 nitrogen and oxygen atoms in total. The van der Waals surface area contributed by atoms with Crippen LogP contribution in [0.4, 0.5) is 0 Å². The highest BCUT2D eigenvalue weighted by molar-refractivity contribution is 7.89. The first-order valence-corrected chi connectivity index (χ1v) is 9.07. The molecule has 2 heterocycles. The van der Waals surface area contributed by atoms with Gasteiger partial charge in [0, 0.05) is 42.8 Å². The molecule has 0 bridgehead atoms. The molecule has 128 valence electrons. The summed E-state index contributed by atoms with van der Waals surface area (Å²) in [5, 5.41) is 0.798. The zero-order chi connectivity index (χ0) is 16.1. The number of nitrogens with two attached hydrogens (primary N) is 1. The third-order valence-electron chi connectivity index (χ3n) is 4.87. The minimum absolute atomic E-state index is 0. The van der Waals surface area contributed by atoms with Crippen LogP contribution in [0.1, 0.15) is 19.0 Å². The van der Waals surface area contributed by atoms with Crippen molar-refractivity contribution in [2.45, 2.75) is 31.2 Å². The number of hydrogen-bond acceptors (Lipinski definition) is 3. The molecule has 2 unspecified atom stereocenters. The van der Waals surface area contributed by atoms with Gasteiger partial charge in [-0.25, -0.2) is 8.42 Å². The molecule has 23 heavy (non-hydrogen) atoms. The van der Waals surface area contributed by atoms with Gasteiger partial charge in [0.15, 0.2) is 0 Å². The number of fused-ring (bicyclic) bond motifs is 1. The first kappa shape index (κ1) is 18.3. The molecule has 0 spiro atoms. The van der Waals surface area contributed by atoms with Crippen LogP contribution in [0.5, 0.6) is 0 Å². The zero-order valence-corrected chi connectivity index (χ0v) is 15.3. The fourth-order valence-corrected chi connectivity index (χ4v) is 5.29. The Morgan fingerprint density at radius 3 is 2.57 bits per heavy atom. The summed E-state index contributed by atoms with van der Waals surface area (Å²) in [6.45, 7) is 4.88. The molecule has 0 radical (unpaired) electrons. The second-order valence-electron chi connectivity index (χ2n) is 6.26. The third-order valence-corrected chi connectivity index (χ3v) is 6.91. The van der Waals surface area contributed by atoms with Crippen molar-refractivity contribution in [1.82, 2.24) is 8.87 Å². The molecular formula is C16H24ClN3O2S. The van der Waals surface area contributed by atoms with Crippen LogP contribution in [-0.4, -0.2) is 36.4 Å². The minimum atomic E-state index is -3.48. The SMILES string of the molecule is Cc1c(S(=O)(=O)N2CCC(C(C)N)C2)c2ccccc2n1C.Cl. The number of nitrogens with zero attached hydrogens (tertiary/aromatic N) is 2. The number of halogens is 1. The van der Waals surface area contributed by atoms with Crippen molar-refractivity contribution >= 4 is 33.3 Å². The molecule has 1 aliphatic rings. The van der Waals surface area contributed by atoms with Crippen LogP contribution in [-0.2, 0) is 17.1 Å². The van der Waals surface area contributed by atoms with Crippen LogP contribution in [0.15, 0.2) is 29.2 Å². The molecular weight excluding hydrogens is 334 g/mol. The van der Waals surface area contributed by atoms with Crippen LogP contribution in [0.3, 0.4) is 0 Å². The maximum absolute atomic E-state index is 13.1. The van der Waals surface area contributed by atoms with Crippen LogP contribution in [0, 0.1) is 12.8 Å². The fourth-order valence-electron chi connectivity index (χ4n) is 3.34. The van der Waals surface area contributed by atoms with E-state index in [1.807, 2.05) is 49.7 Å². The van der Waals surface area contributed by atoms with E-state index in [9.17, 15) is 8.42 Å². The van der Waals surface area contributed by atoms with E-state index in [1.54, 1.807) is 4.31 Å². The Labute approximate surface area is 143 Å². The molecule has 2 N–H and O–H groups in total. The number of rotatable bonds is 3. The van der Waals surface area contributed by atoms with Crippen molar-refractivity contribution in [2.75, 3.05) is 13.1 Å². The number of hydrogen-bond donors (Lipinski definition) is 1. The van der Waals surface area contributed by atoms with Crippen molar-refractivity contribution in [3.05, 3.63) is 30.0 Å². The van der Waals surface area contributed by atoms with Crippen molar-refractivity contribution < 1.29 is 8.42 Å². The topological polar surface area (TPSA) is 68.3 Å². The number of para-hydroxylation sites is 1. The number of benzene rings is 1. The van der Waals surface area contributed by atoms with E-state index < -0.39 is 10.0 Å². The van der Waals surface area contributed by atoms with E-state index in [4.69, 9.17) is 5.73 Å². The summed E-state index contributed by atoms with van der Waals surface area (Å²) in [5.41, 5.74) is 7.67. The van der Waals surface area contributed by atoms with Crippen molar-refractivity contribution in [3.8, 4) is 0 Å². The lowest BCUT2D eigenvalue weighted by Gasteiger charge is -2.18. The summed E-state index contributed by atoms with van der Waals surface area (Å²) in [4.78, 5) is 0.441. The van der Waals surface area contributed by atoms with E-state index in [0.29, 0.717) is 18.0 Å². The Hall–Kier alpha value is -1.08. The zero-order valence-electron chi connectivity index (χ0n) is 13.7. The van der Waals surface area contributed by atoms with Crippen molar-refractivity contribution in [1.29, 1.82) is 0 Å². The standard InChI is InChI=1S/C16H23N3O2S.ClH/c1-11(17)13-8-9-19(10-13)22(20,21)16-12(2)18(3)15-7-5-4-6-14(15)16;/h4-7,11,13H,8-10,17H2,1-3H3;1H. The average Bonchev–Trinajstić information content (AvgIpc) is 3.05. The highest BCUT2D eigenvalue weighted by Crippen LogP contribution is 2.33. The second kappa shape index (κ2) is 6.43. The fraction of sp³-hybridized carbons (Fsp3) is 0.500. The number of aryl methyl sites for hydroxylation is 1. The van der Waals surface area contributed by atoms with Gasteiger partial charge in [-0.05, 0) is 32.3 Å². The Morgan fingerprint density at radius 2 is 1.96 bits per heavy atom. The number of sulfonamides is 1. The quantitative estimate of drug-likeness (QED) is 0.916. The summed E-state index contributed by atoms with van der Waals surface area (Å²) in [7, 11) is -1.58. The summed E-state index contributed by atoms with van der Waals surface area (Å²) >= 11 is 0. The molecule has 2 aromatic rings. The molecule has 3 rings (SSSR count). The highest BCUT2D eigenvalue weighted by atomic mass is 35.5. The van der Waals surface area contributed by atoms with E-state index in [0.717, 1.165) is 23.0 Å². The van der Waals surface area contributed by atoms with Crippen LogP contribution < -0.4 is 5.73 Å². The summed E-state index contributed by atoms with van der Waals surface area (Å²) in [5.74, 6) is 0.241. The third kappa shape index (κ3) is 2.89. The van der Waals surface area contributed by atoms with Gasteiger partial charge < -0.3 is 10.3 Å². The lowest BCUT2D eigenvalue weighted by molar-refractivity contribution is 0.429. The van der Waals surface area contributed by atoms with Gasteiger partial charge in [0.05, 0.1) is 0 Å². The van der Waals surface area contributed by atoms with Crippen LogP contribution in [0.2, 0.25) is 0 Å². The van der Waals surface area contributed by atoms with Gasteiger partial charge in [-0.3, -0.25) is 0 Å². The molecule has 1 saturated heterocycles. The molecule has 2 atom stereocenters. The lowest BCUT2D eigenvalue weighted by Crippen LogP contribution is -2.33. The van der Waals surface area contributed by atoms with Crippen LogP contribution >= 0.6 is 12.4 Å². The Bertz CT molecular complexity index is 814. The molecule has 0 amide bonds. The lowest BCUT2D eigenvalue weighted by atomic mass is 10.0. The maximum atomic E-state index is 13.1. The average molecular weight is 358 g/mol. The highest BCUT2D eigenvalue weighted by Gasteiger charge is 2.36. The molecule has 0 aliphatic carbocycles. The summed E-state index contributed by atoms with van der Waals surface area (Å²) < 4.78 is 29.8. The van der Waals surface area contributed by atoms with Gasteiger partial charge in [0.25, 0.3) is 0 Å². The predicted octanol–water partition coefficient (Wildman–Crippen LogP) is 2.27. The van der Waals surface area contributed by atoms with Crippen LogP contribution in [0.25, 0.3) is 10.9 Å². The molecule has 1 aliphatic heterocycles. The Kier molecular flexibility index (Phi) is 5.11. The molecule has 1 fully saturated rings. The summed E-state index contributed by atoms with van der Waals surface area (Å²) in [6.07, 6.45) is 0.834. The monoisotopic (exact) mass is 357 g/mol. The van der Waals surface area contributed by atoms with E-state index in [-0.39, 0.29) is 24.4 Å². The number of aromatic nitrogens is 1. The predicted molar refractivity (Wildman–Crippen MR) is 95.4 cm³/mol. The van der Waals surface area contributed by atoms with E-state index in [2.05, 4.69) is 0 Å². The van der Waals surface area contributed by atoms with Gasteiger partial charge in [-0.15, -0.1) is 12.4 Å². The largest absolute Gasteiger partial charge is 0.347 e. The van der Waals surface area contributed by atoms with Gasteiger partial charge in [-0.2, -0.15) is 4.31 Å². The van der Waals surface area contributed by atoms with Gasteiger partial charge in [-0.1, -0.05) is 18.2 Å². The Balaban J connectivity index is 0.00000192. The molecule has 1 aromatic carbocycles. The van der Waals surface area contributed by atoms with E-state index >= 15 is 0 Å². The van der Waals surface area contributed by atoms with Gasteiger partial charge >= 0.3 is 0 Å². The Morgan fingerprint density at radius 1 is 1.30 bits per heavy atom. The maximum Gasteiger partial charge on any atom is 0.245 e. The van der Waals surface area contributed by atoms with Crippen molar-refractivity contribution in [3.63, 3.8) is 0 Å². The smallest absolute Gasteiger partial charge is 0.245 e. The van der Waals surface area contributed by atoms with Gasteiger partial charge in [0.2, 0.25) is 10.0 Å². The van der Waals surface area contributed by atoms with Gasteiger partial charge in [0.1, 0.15) is 4.90 Å². The first-order chi connectivity index (χ1) is 10.3. The molecule has 7 heteroatoms. The van der Waals surface area contributed by atoms with Crippen molar-refractivity contribution in [2.24, 2.45) is 18.7 Å². The molecule has 1 aromatic heterocycles. The van der Waals surface area contributed by atoms with E-state index in [1.165, 1.54) is 0 Å². The normalized spacial score (nSPS) is 20.6. The molecule has 0 saturated carbocycles. The second-order valence-corrected chi connectivity index (χ2v) is 8.14. The first-order valence-electron chi connectivity index (χ1n) is 7.63.